The molecule has 1 heterocycles. The van der Waals surface area contributed by atoms with Crippen molar-refractivity contribution in [2.75, 3.05) is 0 Å². The van der Waals surface area contributed by atoms with E-state index in [1.54, 1.807) is 6.20 Å². The number of aliphatic hydroxyl groups excluding tert-OH is 1. The summed E-state index contributed by atoms with van der Waals surface area (Å²) < 4.78 is 2.94. The summed E-state index contributed by atoms with van der Waals surface area (Å²) >= 11 is 3.39. The lowest BCUT2D eigenvalue weighted by molar-refractivity contribution is 0.273. The number of aromatic nitrogens is 2. The van der Waals surface area contributed by atoms with E-state index in [4.69, 9.17) is 5.11 Å². The molecule has 1 N–H and O–H groups in total. The molecule has 0 amide bonds. The number of hydrogen-bond acceptors (Lipinski definition) is 2. The van der Waals surface area contributed by atoms with Crippen LogP contribution in [0.4, 0.5) is 0 Å². The van der Waals surface area contributed by atoms with E-state index >= 15 is 0 Å². The predicted octanol–water partition coefficient (Wildman–Crippen LogP) is 2.34. The van der Waals surface area contributed by atoms with Crippen LogP contribution in [-0.4, -0.2) is 14.7 Å². The number of imidazole rings is 1. The van der Waals surface area contributed by atoms with Gasteiger partial charge in [-0.1, -0.05) is 28.1 Å². The lowest BCUT2D eigenvalue weighted by atomic mass is 10.2. The molecule has 0 aliphatic rings. The summed E-state index contributed by atoms with van der Waals surface area (Å²) in [6.07, 6.45) is 1.69. The molecule has 3 nitrogen and oxygen atoms in total. The number of rotatable bonds is 2. The van der Waals surface area contributed by atoms with Crippen molar-refractivity contribution in [3.05, 3.63) is 40.6 Å². The zero-order valence-electron chi connectivity index (χ0n) is 8.31. The van der Waals surface area contributed by atoms with E-state index < -0.39 is 0 Å². The van der Waals surface area contributed by atoms with Crippen LogP contribution in [-0.2, 0) is 13.7 Å². The molecule has 0 unspecified atom stereocenters. The van der Waals surface area contributed by atoms with Crippen LogP contribution in [0.5, 0.6) is 0 Å². The third-order valence-electron chi connectivity index (χ3n) is 2.35. The summed E-state index contributed by atoms with van der Waals surface area (Å²) in [5.74, 6) is 0.867. The largest absolute Gasteiger partial charge is 0.390 e. The maximum Gasteiger partial charge on any atom is 0.139 e. The van der Waals surface area contributed by atoms with Crippen molar-refractivity contribution in [3.8, 4) is 11.4 Å². The molecule has 1 aromatic carbocycles. The maximum absolute atomic E-state index is 9.05. The van der Waals surface area contributed by atoms with Crippen LogP contribution >= 0.6 is 15.9 Å². The van der Waals surface area contributed by atoms with Crippen molar-refractivity contribution in [1.82, 2.24) is 9.55 Å². The van der Waals surface area contributed by atoms with E-state index in [2.05, 4.69) is 20.9 Å². The van der Waals surface area contributed by atoms with Crippen LogP contribution < -0.4 is 0 Å². The summed E-state index contributed by atoms with van der Waals surface area (Å²) in [4.78, 5) is 4.27. The monoisotopic (exact) mass is 266 g/mol. The molecule has 0 saturated heterocycles. The highest BCUT2D eigenvalue weighted by atomic mass is 79.9. The van der Waals surface area contributed by atoms with Crippen molar-refractivity contribution < 1.29 is 5.11 Å². The Bertz CT molecular complexity index is 462. The molecule has 0 spiro atoms. The molecule has 0 aliphatic carbocycles. The van der Waals surface area contributed by atoms with Crippen molar-refractivity contribution in [2.24, 2.45) is 7.05 Å². The second-order valence-corrected chi connectivity index (χ2v) is 4.21. The summed E-state index contributed by atoms with van der Waals surface area (Å²) in [5.41, 5.74) is 1.85. The molecule has 0 radical (unpaired) electrons. The standard InChI is InChI=1S/C11H11BrN2O/c1-14-10(7-15)6-13-11(14)8-2-4-9(12)5-3-8/h2-6,15H,7H2,1H3. The lowest BCUT2D eigenvalue weighted by Crippen LogP contribution is -1.98. The molecular formula is C11H11BrN2O. The van der Waals surface area contributed by atoms with Gasteiger partial charge in [-0.05, 0) is 12.1 Å². The van der Waals surface area contributed by atoms with Gasteiger partial charge in [0.05, 0.1) is 18.5 Å². The summed E-state index contributed by atoms with van der Waals surface area (Å²) in [6, 6.07) is 7.94. The maximum atomic E-state index is 9.05. The molecule has 2 rings (SSSR count). The Kier molecular flexibility index (Phi) is 2.88. The molecule has 0 bridgehead atoms. The Balaban J connectivity index is 2.45. The molecule has 78 valence electrons. The Morgan fingerprint density at radius 3 is 2.53 bits per heavy atom. The number of aliphatic hydroxyl groups is 1. The summed E-state index contributed by atoms with van der Waals surface area (Å²) in [5, 5.41) is 9.05. The second kappa shape index (κ2) is 4.16. The van der Waals surface area contributed by atoms with E-state index in [9.17, 15) is 0 Å². The molecule has 0 atom stereocenters. The van der Waals surface area contributed by atoms with Gasteiger partial charge in [-0.3, -0.25) is 0 Å². The van der Waals surface area contributed by atoms with E-state index in [0.29, 0.717) is 0 Å². The smallest absolute Gasteiger partial charge is 0.139 e. The third kappa shape index (κ3) is 1.96. The third-order valence-corrected chi connectivity index (χ3v) is 2.88. The molecule has 1 aromatic heterocycles. The van der Waals surface area contributed by atoms with Crippen LogP contribution in [0.1, 0.15) is 5.69 Å². The zero-order valence-corrected chi connectivity index (χ0v) is 9.90. The Hall–Kier alpha value is -1.13. The highest BCUT2D eigenvalue weighted by molar-refractivity contribution is 9.10. The minimum Gasteiger partial charge on any atom is -0.390 e. The SMILES string of the molecule is Cn1c(CO)cnc1-c1ccc(Br)cc1. The minimum absolute atomic E-state index is 0.0139. The van der Waals surface area contributed by atoms with Gasteiger partial charge in [-0.15, -0.1) is 0 Å². The van der Waals surface area contributed by atoms with Crippen LogP contribution in [0.15, 0.2) is 34.9 Å². The van der Waals surface area contributed by atoms with Gasteiger partial charge in [0.2, 0.25) is 0 Å². The highest BCUT2D eigenvalue weighted by Crippen LogP contribution is 2.20. The van der Waals surface area contributed by atoms with Crippen molar-refractivity contribution in [1.29, 1.82) is 0 Å². The number of benzene rings is 1. The molecule has 0 fully saturated rings. The van der Waals surface area contributed by atoms with Gasteiger partial charge in [0.25, 0.3) is 0 Å². The first-order chi connectivity index (χ1) is 7.22. The first kappa shape index (κ1) is 10.4. The topological polar surface area (TPSA) is 38.0 Å². The normalized spacial score (nSPS) is 10.6. The predicted molar refractivity (Wildman–Crippen MR) is 62.3 cm³/mol. The fourth-order valence-corrected chi connectivity index (χ4v) is 1.72. The van der Waals surface area contributed by atoms with Gasteiger partial charge in [0.1, 0.15) is 5.82 Å². The number of nitrogens with zero attached hydrogens (tertiary/aromatic N) is 2. The first-order valence-electron chi connectivity index (χ1n) is 4.60. The van der Waals surface area contributed by atoms with Crippen molar-refractivity contribution in [2.45, 2.75) is 6.61 Å². The van der Waals surface area contributed by atoms with Crippen LogP contribution in [0.25, 0.3) is 11.4 Å². The molecular weight excluding hydrogens is 256 g/mol. The molecule has 0 saturated carbocycles. The lowest BCUT2D eigenvalue weighted by Gasteiger charge is -2.04. The first-order valence-corrected chi connectivity index (χ1v) is 5.39. The van der Waals surface area contributed by atoms with Crippen molar-refractivity contribution >= 4 is 15.9 Å². The average Bonchev–Trinajstić information content (AvgIpc) is 2.61. The second-order valence-electron chi connectivity index (χ2n) is 3.30. The van der Waals surface area contributed by atoms with Gasteiger partial charge in [0.15, 0.2) is 0 Å². The zero-order chi connectivity index (χ0) is 10.8. The molecule has 4 heteroatoms. The van der Waals surface area contributed by atoms with Crippen LogP contribution in [0.2, 0.25) is 0 Å². The Labute approximate surface area is 96.5 Å². The summed E-state index contributed by atoms with van der Waals surface area (Å²) in [6.45, 7) is 0.0139. The van der Waals surface area contributed by atoms with E-state index in [-0.39, 0.29) is 6.61 Å². The Morgan fingerprint density at radius 2 is 2.00 bits per heavy atom. The number of halogens is 1. The molecule has 15 heavy (non-hydrogen) atoms. The van der Waals surface area contributed by atoms with Gasteiger partial charge >= 0.3 is 0 Å². The quantitative estimate of drug-likeness (QED) is 0.906. The van der Waals surface area contributed by atoms with Crippen LogP contribution in [0.3, 0.4) is 0 Å². The fourth-order valence-electron chi connectivity index (χ4n) is 1.46. The Morgan fingerprint density at radius 1 is 1.33 bits per heavy atom. The summed E-state index contributed by atoms with van der Waals surface area (Å²) in [7, 11) is 1.90. The van der Waals surface area contributed by atoms with Gasteiger partial charge in [-0.2, -0.15) is 0 Å². The van der Waals surface area contributed by atoms with Gasteiger partial charge in [0, 0.05) is 17.1 Å². The average molecular weight is 267 g/mol. The fraction of sp³-hybridized carbons (Fsp3) is 0.182. The molecule has 2 aromatic rings. The van der Waals surface area contributed by atoms with Crippen LogP contribution in [0, 0.1) is 0 Å². The molecule has 0 aliphatic heterocycles. The van der Waals surface area contributed by atoms with E-state index in [0.717, 1.165) is 21.6 Å². The van der Waals surface area contributed by atoms with E-state index in [1.165, 1.54) is 0 Å². The van der Waals surface area contributed by atoms with Gasteiger partial charge < -0.3 is 9.67 Å². The van der Waals surface area contributed by atoms with Gasteiger partial charge in [-0.25, -0.2) is 4.98 Å². The highest BCUT2D eigenvalue weighted by Gasteiger charge is 2.07. The minimum atomic E-state index is 0.0139. The van der Waals surface area contributed by atoms with E-state index in [1.807, 2.05) is 35.9 Å². The number of hydrogen-bond donors (Lipinski definition) is 1. The van der Waals surface area contributed by atoms with Crippen molar-refractivity contribution in [3.63, 3.8) is 0 Å².